The van der Waals surface area contributed by atoms with Gasteiger partial charge in [0, 0.05) is 31.6 Å². The number of alkyl halides is 3. The fourth-order valence-corrected chi connectivity index (χ4v) is 3.57. The van der Waals surface area contributed by atoms with Gasteiger partial charge in [0.1, 0.15) is 12.2 Å². The molecule has 1 aromatic carbocycles. The number of nitrogens with zero attached hydrogens (tertiary/aromatic N) is 4. The van der Waals surface area contributed by atoms with Crippen molar-refractivity contribution in [2.24, 2.45) is 5.73 Å². The van der Waals surface area contributed by atoms with Crippen molar-refractivity contribution in [1.29, 1.82) is 5.26 Å². The van der Waals surface area contributed by atoms with Crippen LogP contribution in [-0.2, 0) is 35.3 Å². The molecule has 3 N–H and O–H groups in total. The van der Waals surface area contributed by atoms with E-state index in [9.17, 15) is 35.9 Å². The Morgan fingerprint density at radius 1 is 1.18 bits per heavy atom. The number of hydrogen-bond donors (Lipinski definition) is 2. The summed E-state index contributed by atoms with van der Waals surface area (Å²) < 4.78 is 81.2. The predicted molar refractivity (Wildman–Crippen MR) is 104 cm³/mol. The number of carbonyl (C=O) groups excluding carboxylic acids is 2. The van der Waals surface area contributed by atoms with E-state index in [1.54, 1.807) is 6.07 Å². The van der Waals surface area contributed by atoms with Crippen molar-refractivity contribution >= 4 is 17.6 Å². The lowest BCUT2D eigenvalue weighted by molar-refractivity contribution is -0.148. The minimum Gasteiger partial charge on any atom is -0.335 e. The molecule has 0 unspecified atom stereocenters. The van der Waals surface area contributed by atoms with Gasteiger partial charge in [-0.25, -0.2) is 18.2 Å². The Bertz CT molecular complexity index is 1160. The van der Waals surface area contributed by atoms with Crippen molar-refractivity contribution in [3.63, 3.8) is 0 Å². The number of aromatic nitrogens is 2. The molecule has 3 rings (SSSR count). The lowest BCUT2D eigenvalue weighted by Gasteiger charge is -2.30. The Morgan fingerprint density at radius 3 is 2.50 bits per heavy atom. The standard InChI is InChI=1S/C20H18F6N6O2/c21-12-8-14(23)13(22)6-10(12)5-11(28)7-17(34)31-3-4-32-15(9-31)18(29-16(33)1-2-27)30-19(32)20(24,25)26/h6,8,11H,1,3-5,7,9,28H2,(H,29,33)/t11-/m1/s1. The number of fused-ring (bicyclic) bond motifs is 1. The van der Waals surface area contributed by atoms with Crippen LogP contribution in [0, 0.1) is 28.8 Å². The Kier molecular flexibility index (Phi) is 7.15. The van der Waals surface area contributed by atoms with Gasteiger partial charge in [0.15, 0.2) is 17.5 Å². The summed E-state index contributed by atoms with van der Waals surface area (Å²) in [7, 11) is 0. The molecule has 0 saturated carbocycles. The van der Waals surface area contributed by atoms with E-state index < -0.39 is 59.5 Å². The Morgan fingerprint density at radius 2 is 1.85 bits per heavy atom. The maximum Gasteiger partial charge on any atom is 0.449 e. The molecule has 182 valence electrons. The normalized spacial score (nSPS) is 14.4. The zero-order valence-electron chi connectivity index (χ0n) is 17.4. The number of hydrogen-bond acceptors (Lipinski definition) is 5. The van der Waals surface area contributed by atoms with Crippen LogP contribution in [-0.4, -0.2) is 38.9 Å². The van der Waals surface area contributed by atoms with Gasteiger partial charge in [-0.2, -0.15) is 18.4 Å². The summed E-state index contributed by atoms with van der Waals surface area (Å²) in [6, 6.07) is 1.59. The van der Waals surface area contributed by atoms with Crippen LogP contribution >= 0.6 is 0 Å². The number of nitrogens with one attached hydrogen (secondary N) is 1. The number of amides is 2. The van der Waals surface area contributed by atoms with Gasteiger partial charge in [-0.15, -0.1) is 0 Å². The van der Waals surface area contributed by atoms with E-state index in [1.807, 2.05) is 0 Å². The van der Waals surface area contributed by atoms with Gasteiger partial charge in [-0.1, -0.05) is 0 Å². The average Bonchev–Trinajstić information content (AvgIpc) is 3.10. The molecule has 0 aliphatic carbocycles. The summed E-state index contributed by atoms with van der Waals surface area (Å²) in [5.41, 5.74) is 5.56. The molecule has 0 spiro atoms. The van der Waals surface area contributed by atoms with Gasteiger partial charge >= 0.3 is 6.18 Å². The first-order valence-electron chi connectivity index (χ1n) is 9.90. The number of benzene rings is 1. The average molecular weight is 488 g/mol. The third-order valence-corrected chi connectivity index (χ3v) is 5.12. The Balaban J connectivity index is 1.75. The van der Waals surface area contributed by atoms with Crippen molar-refractivity contribution < 1.29 is 35.9 Å². The van der Waals surface area contributed by atoms with E-state index in [0.29, 0.717) is 12.1 Å². The fourth-order valence-electron chi connectivity index (χ4n) is 3.57. The SMILES string of the molecule is N#CCC(=O)Nc1nc(C(F)(F)F)n2c1CN(C(=O)C[C@H](N)Cc1cc(F)c(F)cc1F)CC2. The summed E-state index contributed by atoms with van der Waals surface area (Å²) in [5.74, 6) is -6.79. The largest absolute Gasteiger partial charge is 0.449 e. The number of nitriles is 1. The van der Waals surface area contributed by atoms with E-state index in [0.717, 1.165) is 4.57 Å². The number of rotatable bonds is 6. The summed E-state index contributed by atoms with van der Waals surface area (Å²) in [6.45, 7) is -0.733. The zero-order valence-corrected chi connectivity index (χ0v) is 17.4. The van der Waals surface area contributed by atoms with Gasteiger partial charge in [-0.3, -0.25) is 9.59 Å². The topological polar surface area (TPSA) is 117 Å². The lowest BCUT2D eigenvalue weighted by atomic mass is 10.0. The summed E-state index contributed by atoms with van der Waals surface area (Å²) >= 11 is 0. The predicted octanol–water partition coefficient (Wildman–Crippen LogP) is 2.47. The van der Waals surface area contributed by atoms with Crippen LogP contribution in [0.5, 0.6) is 0 Å². The highest BCUT2D eigenvalue weighted by Crippen LogP contribution is 2.34. The van der Waals surface area contributed by atoms with Crippen molar-refractivity contribution in [3.05, 3.63) is 46.7 Å². The van der Waals surface area contributed by atoms with Gasteiger partial charge in [0.2, 0.25) is 17.6 Å². The van der Waals surface area contributed by atoms with Gasteiger partial charge in [0.05, 0.1) is 18.3 Å². The number of anilines is 1. The van der Waals surface area contributed by atoms with Gasteiger partial charge in [0.25, 0.3) is 0 Å². The third kappa shape index (κ3) is 5.48. The first kappa shape index (κ1) is 25.0. The highest BCUT2D eigenvalue weighted by atomic mass is 19.4. The van der Waals surface area contributed by atoms with Crippen molar-refractivity contribution in [2.75, 3.05) is 11.9 Å². The molecule has 1 atom stereocenters. The molecule has 1 aromatic heterocycles. The molecule has 0 fully saturated rings. The fraction of sp³-hybridized carbons (Fsp3) is 0.400. The number of imidazole rings is 1. The molecule has 0 radical (unpaired) electrons. The Labute approximate surface area is 188 Å². The minimum absolute atomic E-state index is 0.0848. The number of nitrogens with two attached hydrogens (primary N) is 1. The summed E-state index contributed by atoms with van der Waals surface area (Å²) in [4.78, 5) is 29.1. The second-order valence-corrected chi connectivity index (χ2v) is 7.60. The summed E-state index contributed by atoms with van der Waals surface area (Å²) in [6.07, 6.45) is -6.06. The quantitative estimate of drug-likeness (QED) is 0.479. The molecule has 2 heterocycles. The summed E-state index contributed by atoms with van der Waals surface area (Å²) in [5, 5.41) is 10.7. The van der Waals surface area contributed by atoms with Crippen LogP contribution in [0.25, 0.3) is 0 Å². The van der Waals surface area contributed by atoms with Crippen LogP contribution < -0.4 is 11.1 Å². The highest BCUT2D eigenvalue weighted by Gasteiger charge is 2.41. The van der Waals surface area contributed by atoms with Gasteiger partial charge < -0.3 is 20.5 Å². The molecule has 2 aromatic rings. The molecule has 1 aliphatic rings. The molecular formula is C20H18F6N6O2. The smallest absolute Gasteiger partial charge is 0.335 e. The molecular weight excluding hydrogens is 470 g/mol. The second-order valence-electron chi connectivity index (χ2n) is 7.60. The lowest BCUT2D eigenvalue weighted by Crippen LogP contribution is -2.42. The van der Waals surface area contributed by atoms with Crippen molar-refractivity contribution in [1.82, 2.24) is 14.5 Å². The van der Waals surface area contributed by atoms with E-state index in [4.69, 9.17) is 11.0 Å². The van der Waals surface area contributed by atoms with Crippen LogP contribution in [0.3, 0.4) is 0 Å². The maximum atomic E-state index is 13.8. The van der Waals surface area contributed by atoms with Crippen LogP contribution in [0.4, 0.5) is 32.2 Å². The van der Waals surface area contributed by atoms with E-state index in [1.165, 1.54) is 4.90 Å². The maximum absolute atomic E-state index is 13.8. The molecule has 34 heavy (non-hydrogen) atoms. The van der Waals surface area contributed by atoms with Crippen molar-refractivity contribution in [3.8, 4) is 6.07 Å². The van der Waals surface area contributed by atoms with Crippen molar-refractivity contribution in [2.45, 2.75) is 44.6 Å². The molecule has 8 nitrogen and oxygen atoms in total. The van der Waals surface area contributed by atoms with Crippen LogP contribution in [0.2, 0.25) is 0 Å². The number of halogens is 6. The molecule has 0 saturated heterocycles. The third-order valence-electron chi connectivity index (χ3n) is 5.12. The molecule has 1 aliphatic heterocycles. The van der Waals surface area contributed by atoms with E-state index >= 15 is 0 Å². The Hall–Kier alpha value is -3.60. The minimum atomic E-state index is -4.82. The first-order valence-corrected chi connectivity index (χ1v) is 9.90. The molecule has 14 heteroatoms. The van der Waals surface area contributed by atoms with Crippen LogP contribution in [0.15, 0.2) is 12.1 Å². The monoisotopic (exact) mass is 488 g/mol. The van der Waals surface area contributed by atoms with E-state index in [-0.39, 0.29) is 43.7 Å². The molecule has 2 amide bonds. The second kappa shape index (κ2) is 9.72. The number of carbonyl (C=O) groups is 2. The first-order chi connectivity index (χ1) is 15.9. The zero-order chi connectivity index (χ0) is 25.2. The van der Waals surface area contributed by atoms with Gasteiger partial charge in [-0.05, 0) is 18.1 Å². The highest BCUT2D eigenvalue weighted by molar-refractivity contribution is 5.91. The molecule has 0 bridgehead atoms. The van der Waals surface area contributed by atoms with Crippen LogP contribution in [0.1, 0.15) is 29.9 Å². The van der Waals surface area contributed by atoms with E-state index in [2.05, 4.69) is 10.3 Å².